The lowest BCUT2D eigenvalue weighted by molar-refractivity contribution is -0.140. The van der Waals surface area contributed by atoms with E-state index in [1.807, 2.05) is 0 Å². The zero-order valence-corrected chi connectivity index (χ0v) is 15.0. The standard InChI is InChI=1S/C14H11BrClNO5S/c1-6(18)22-3-2-17-13(20)10-11(19)8-4-7(16)5-9(15)12(8)23-14(10)21/h4-5,21H,2-3H2,1H3,(H,17,20). The van der Waals surface area contributed by atoms with Gasteiger partial charge in [-0.05, 0) is 28.1 Å². The SMILES string of the molecule is CC(=O)OCCNC(=O)c1c(O)sc2c(Br)cc(Cl)cc2c1=O. The van der Waals surface area contributed by atoms with Crippen LogP contribution in [0.5, 0.6) is 5.06 Å². The number of esters is 1. The van der Waals surface area contributed by atoms with Gasteiger partial charge in [0.15, 0.2) is 5.06 Å². The Balaban J connectivity index is 2.35. The Bertz CT molecular complexity index is 851. The average Bonchev–Trinajstić information content (AvgIpc) is 2.45. The fourth-order valence-corrected chi connectivity index (χ4v) is 3.81. The molecule has 1 heterocycles. The van der Waals surface area contributed by atoms with Gasteiger partial charge in [0.25, 0.3) is 5.91 Å². The highest BCUT2D eigenvalue weighted by atomic mass is 79.9. The van der Waals surface area contributed by atoms with Crippen LogP contribution in [0.1, 0.15) is 17.3 Å². The Morgan fingerprint density at radius 1 is 1.43 bits per heavy atom. The summed E-state index contributed by atoms with van der Waals surface area (Å²) >= 11 is 10.1. The molecule has 1 aromatic heterocycles. The first-order chi connectivity index (χ1) is 10.8. The highest BCUT2D eigenvalue weighted by molar-refractivity contribution is 9.10. The lowest BCUT2D eigenvalue weighted by Gasteiger charge is -2.08. The number of halogens is 2. The minimum absolute atomic E-state index is 0.0234. The molecule has 0 saturated heterocycles. The van der Waals surface area contributed by atoms with E-state index in [-0.39, 0.29) is 24.1 Å². The van der Waals surface area contributed by atoms with Crippen molar-refractivity contribution in [1.82, 2.24) is 5.32 Å². The summed E-state index contributed by atoms with van der Waals surface area (Å²) < 4.78 is 5.72. The third-order valence-corrected chi connectivity index (χ3v) is 4.96. The van der Waals surface area contributed by atoms with Crippen molar-refractivity contribution in [2.75, 3.05) is 13.2 Å². The second-order valence-electron chi connectivity index (χ2n) is 4.47. The van der Waals surface area contributed by atoms with Crippen LogP contribution in [0.2, 0.25) is 5.02 Å². The first-order valence-corrected chi connectivity index (χ1v) is 8.36. The van der Waals surface area contributed by atoms with Gasteiger partial charge < -0.3 is 15.2 Å². The zero-order chi connectivity index (χ0) is 17.1. The summed E-state index contributed by atoms with van der Waals surface area (Å²) in [7, 11) is 0. The molecule has 0 aliphatic heterocycles. The summed E-state index contributed by atoms with van der Waals surface area (Å²) in [4.78, 5) is 35.2. The molecule has 0 bridgehead atoms. The fourth-order valence-electron chi connectivity index (χ4n) is 1.86. The van der Waals surface area contributed by atoms with E-state index in [2.05, 4.69) is 26.0 Å². The Kier molecular flexibility index (Phi) is 5.61. The Morgan fingerprint density at radius 2 is 2.13 bits per heavy atom. The molecule has 0 spiro atoms. The van der Waals surface area contributed by atoms with E-state index in [0.29, 0.717) is 14.2 Å². The van der Waals surface area contributed by atoms with Crippen LogP contribution in [-0.4, -0.2) is 30.1 Å². The number of benzene rings is 1. The van der Waals surface area contributed by atoms with Gasteiger partial charge in [0.2, 0.25) is 5.43 Å². The minimum atomic E-state index is -0.742. The molecule has 0 radical (unpaired) electrons. The predicted octanol–water partition coefficient (Wildman–Crippen LogP) is 2.68. The van der Waals surface area contributed by atoms with Gasteiger partial charge in [-0.3, -0.25) is 14.4 Å². The molecule has 0 fully saturated rings. The topological polar surface area (TPSA) is 92.7 Å². The molecule has 1 amide bonds. The van der Waals surface area contributed by atoms with Crippen LogP contribution in [0.4, 0.5) is 0 Å². The summed E-state index contributed by atoms with van der Waals surface area (Å²) in [6.07, 6.45) is 0. The van der Waals surface area contributed by atoms with Crippen LogP contribution in [0.25, 0.3) is 10.1 Å². The van der Waals surface area contributed by atoms with Gasteiger partial charge in [0.1, 0.15) is 12.2 Å². The Hall–Kier alpha value is -1.64. The molecule has 0 atom stereocenters. The van der Waals surface area contributed by atoms with Crippen LogP contribution >= 0.6 is 38.9 Å². The maximum atomic E-state index is 12.5. The largest absolute Gasteiger partial charge is 0.499 e. The van der Waals surface area contributed by atoms with Crippen LogP contribution in [0.3, 0.4) is 0 Å². The highest BCUT2D eigenvalue weighted by Crippen LogP contribution is 2.34. The van der Waals surface area contributed by atoms with Gasteiger partial charge in [-0.25, -0.2) is 0 Å². The molecule has 0 aliphatic carbocycles. The average molecular weight is 421 g/mol. The molecule has 0 unspecified atom stereocenters. The molecule has 0 aliphatic rings. The second-order valence-corrected chi connectivity index (χ2v) is 6.76. The van der Waals surface area contributed by atoms with Crippen molar-refractivity contribution in [3.8, 4) is 5.06 Å². The zero-order valence-electron chi connectivity index (χ0n) is 11.8. The number of aromatic hydroxyl groups is 1. The smallest absolute Gasteiger partial charge is 0.302 e. The number of fused-ring (bicyclic) bond motifs is 1. The molecular weight excluding hydrogens is 410 g/mol. The van der Waals surface area contributed by atoms with Crippen LogP contribution in [-0.2, 0) is 9.53 Å². The number of nitrogens with one attached hydrogen (secondary N) is 1. The number of carbonyl (C=O) groups excluding carboxylic acids is 2. The molecule has 1 aromatic carbocycles. The Morgan fingerprint density at radius 3 is 2.78 bits per heavy atom. The van der Waals surface area contributed by atoms with Gasteiger partial charge in [0.05, 0.1) is 11.2 Å². The van der Waals surface area contributed by atoms with Crippen molar-refractivity contribution in [3.63, 3.8) is 0 Å². The molecule has 9 heteroatoms. The van der Waals surface area contributed by atoms with Crippen LogP contribution in [0.15, 0.2) is 21.4 Å². The van der Waals surface area contributed by atoms with E-state index in [9.17, 15) is 19.5 Å². The Labute approximate surface area is 148 Å². The summed E-state index contributed by atoms with van der Waals surface area (Å²) in [6.45, 7) is 1.25. The number of rotatable bonds is 4. The lowest BCUT2D eigenvalue weighted by Crippen LogP contribution is -2.31. The van der Waals surface area contributed by atoms with Crippen molar-refractivity contribution in [2.45, 2.75) is 6.92 Å². The van der Waals surface area contributed by atoms with Gasteiger partial charge in [-0.1, -0.05) is 22.9 Å². The van der Waals surface area contributed by atoms with E-state index < -0.39 is 22.4 Å². The van der Waals surface area contributed by atoms with Crippen LogP contribution < -0.4 is 10.7 Å². The third-order valence-electron chi connectivity index (χ3n) is 2.81. The molecule has 2 aromatic rings. The van der Waals surface area contributed by atoms with E-state index in [4.69, 9.17) is 11.6 Å². The maximum Gasteiger partial charge on any atom is 0.302 e. The minimum Gasteiger partial charge on any atom is -0.499 e. The summed E-state index contributed by atoms with van der Waals surface area (Å²) in [6, 6.07) is 3.04. The van der Waals surface area contributed by atoms with Gasteiger partial charge in [0, 0.05) is 21.8 Å². The van der Waals surface area contributed by atoms with Crippen molar-refractivity contribution < 1.29 is 19.4 Å². The maximum absolute atomic E-state index is 12.5. The van der Waals surface area contributed by atoms with E-state index in [1.54, 1.807) is 6.07 Å². The van der Waals surface area contributed by atoms with Gasteiger partial charge in [-0.15, -0.1) is 0 Å². The first-order valence-electron chi connectivity index (χ1n) is 6.37. The van der Waals surface area contributed by atoms with Crippen molar-refractivity contribution in [2.24, 2.45) is 0 Å². The predicted molar refractivity (Wildman–Crippen MR) is 91.4 cm³/mol. The first kappa shape index (κ1) is 17.7. The molecule has 0 saturated carbocycles. The van der Waals surface area contributed by atoms with Crippen molar-refractivity contribution in [3.05, 3.63) is 37.4 Å². The van der Waals surface area contributed by atoms with Crippen molar-refractivity contribution in [1.29, 1.82) is 0 Å². The third kappa shape index (κ3) is 4.01. The van der Waals surface area contributed by atoms with E-state index in [1.165, 1.54) is 13.0 Å². The monoisotopic (exact) mass is 419 g/mol. The van der Waals surface area contributed by atoms with Crippen LogP contribution in [0, 0.1) is 0 Å². The summed E-state index contributed by atoms with van der Waals surface area (Å²) in [5.41, 5.74) is -0.982. The van der Waals surface area contributed by atoms with Gasteiger partial charge in [-0.2, -0.15) is 0 Å². The molecule has 122 valence electrons. The number of hydrogen-bond acceptors (Lipinski definition) is 6. The number of ether oxygens (including phenoxy) is 1. The number of hydrogen-bond donors (Lipinski definition) is 2. The van der Waals surface area contributed by atoms with E-state index in [0.717, 1.165) is 11.3 Å². The normalized spacial score (nSPS) is 10.6. The second kappa shape index (κ2) is 7.29. The summed E-state index contributed by atoms with van der Waals surface area (Å²) in [5.74, 6) is -1.21. The van der Waals surface area contributed by atoms with Gasteiger partial charge >= 0.3 is 5.97 Å². The number of carbonyl (C=O) groups is 2. The molecule has 23 heavy (non-hydrogen) atoms. The molecule has 2 rings (SSSR count). The van der Waals surface area contributed by atoms with E-state index >= 15 is 0 Å². The molecule has 2 N–H and O–H groups in total. The number of amides is 1. The lowest BCUT2D eigenvalue weighted by atomic mass is 10.2. The molecular formula is C14H11BrClNO5S. The molecule has 6 nitrogen and oxygen atoms in total. The van der Waals surface area contributed by atoms with Crippen molar-refractivity contribution >= 4 is 60.8 Å². The fraction of sp³-hybridized carbons (Fsp3) is 0.214. The quantitative estimate of drug-likeness (QED) is 0.586. The summed E-state index contributed by atoms with van der Waals surface area (Å²) in [5, 5.41) is 12.6. The highest BCUT2D eigenvalue weighted by Gasteiger charge is 2.20.